The van der Waals surface area contributed by atoms with Crippen LogP contribution < -0.4 is 10.0 Å². The van der Waals surface area contributed by atoms with E-state index in [-0.39, 0.29) is 9.77 Å². The Morgan fingerprint density at radius 3 is 2.24 bits per heavy atom. The molecule has 0 aliphatic carbocycles. The highest BCUT2D eigenvalue weighted by Crippen LogP contribution is 2.22. The molecule has 1 unspecified atom stereocenters. The van der Waals surface area contributed by atoms with Crippen LogP contribution in [0.1, 0.15) is 32.4 Å². The number of nitrogens with one attached hydrogen (secondary N) is 2. The van der Waals surface area contributed by atoms with Gasteiger partial charge in [-0.15, -0.1) is 11.3 Å². The highest BCUT2D eigenvalue weighted by molar-refractivity contribution is 7.89. The molecule has 9 heteroatoms. The van der Waals surface area contributed by atoms with Crippen LogP contribution in [0.15, 0.2) is 34.5 Å². The average molecular weight is 382 g/mol. The van der Waals surface area contributed by atoms with E-state index in [2.05, 4.69) is 10.0 Å². The van der Waals surface area contributed by atoms with Crippen molar-refractivity contribution in [3.05, 3.63) is 51.2 Å². The molecule has 25 heavy (non-hydrogen) atoms. The van der Waals surface area contributed by atoms with E-state index in [1.807, 2.05) is 19.9 Å². The first kappa shape index (κ1) is 19.1. The van der Waals surface area contributed by atoms with Crippen LogP contribution in [0.25, 0.3) is 0 Å². The van der Waals surface area contributed by atoms with Crippen molar-refractivity contribution in [2.45, 2.75) is 24.8 Å². The van der Waals surface area contributed by atoms with Crippen LogP contribution in [-0.4, -0.2) is 32.4 Å². The number of carboxylic acids is 1. The van der Waals surface area contributed by atoms with Crippen molar-refractivity contribution in [2.24, 2.45) is 0 Å². The molecule has 1 aromatic carbocycles. The van der Waals surface area contributed by atoms with E-state index in [0.29, 0.717) is 5.56 Å². The summed E-state index contributed by atoms with van der Waals surface area (Å²) in [6.07, 6.45) is 0. The Morgan fingerprint density at radius 2 is 1.72 bits per heavy atom. The van der Waals surface area contributed by atoms with Crippen molar-refractivity contribution < 1.29 is 23.1 Å². The first-order valence-electron chi connectivity index (χ1n) is 7.28. The van der Waals surface area contributed by atoms with Gasteiger partial charge in [0.05, 0.1) is 9.77 Å². The summed E-state index contributed by atoms with van der Waals surface area (Å²) in [5.74, 6) is -1.84. The molecular formula is C16H18N2O5S2. The van der Waals surface area contributed by atoms with Crippen molar-refractivity contribution in [1.82, 2.24) is 10.0 Å². The van der Waals surface area contributed by atoms with Gasteiger partial charge in [-0.05, 0) is 32.5 Å². The Labute approximate surface area is 149 Å². The number of amides is 1. The van der Waals surface area contributed by atoms with Gasteiger partial charge in [-0.25, -0.2) is 17.9 Å². The van der Waals surface area contributed by atoms with Crippen molar-refractivity contribution in [1.29, 1.82) is 0 Å². The van der Waals surface area contributed by atoms with Gasteiger partial charge in [-0.2, -0.15) is 0 Å². The number of carbonyl (C=O) groups excluding carboxylic acids is 1. The summed E-state index contributed by atoms with van der Waals surface area (Å²) in [7, 11) is -2.38. The highest BCUT2D eigenvalue weighted by atomic mass is 32.2. The molecule has 1 aromatic heterocycles. The number of hydrogen-bond donors (Lipinski definition) is 3. The third kappa shape index (κ3) is 4.44. The van der Waals surface area contributed by atoms with Gasteiger partial charge in [0.2, 0.25) is 10.0 Å². The second-order valence-corrected chi connectivity index (χ2v) is 8.32. The monoisotopic (exact) mass is 382 g/mol. The lowest BCUT2D eigenvalue weighted by atomic mass is 10.0. The second-order valence-electron chi connectivity index (χ2n) is 5.52. The van der Waals surface area contributed by atoms with Crippen LogP contribution in [0, 0.1) is 13.8 Å². The number of thiophene rings is 1. The van der Waals surface area contributed by atoms with Gasteiger partial charge in [-0.1, -0.05) is 29.3 Å². The Balaban J connectivity index is 2.28. The summed E-state index contributed by atoms with van der Waals surface area (Å²) in [4.78, 5) is 24.0. The third-order valence-electron chi connectivity index (χ3n) is 3.48. The van der Waals surface area contributed by atoms with E-state index >= 15 is 0 Å². The minimum Gasteiger partial charge on any atom is -0.479 e. The van der Waals surface area contributed by atoms with Crippen LogP contribution in [0.4, 0.5) is 0 Å². The average Bonchev–Trinajstić information content (AvgIpc) is 3.02. The molecule has 0 spiro atoms. The molecule has 0 aliphatic rings. The topological polar surface area (TPSA) is 113 Å². The second kappa shape index (κ2) is 7.34. The Morgan fingerprint density at radius 1 is 1.12 bits per heavy atom. The molecule has 2 aromatic rings. The van der Waals surface area contributed by atoms with Crippen LogP contribution in [-0.2, 0) is 14.8 Å². The van der Waals surface area contributed by atoms with E-state index in [9.17, 15) is 23.1 Å². The van der Waals surface area contributed by atoms with Gasteiger partial charge >= 0.3 is 5.97 Å². The molecule has 0 aliphatic heterocycles. The van der Waals surface area contributed by atoms with Gasteiger partial charge in [-0.3, -0.25) is 4.79 Å². The largest absolute Gasteiger partial charge is 0.479 e. The number of hydrogen-bond acceptors (Lipinski definition) is 5. The fourth-order valence-electron chi connectivity index (χ4n) is 2.36. The van der Waals surface area contributed by atoms with E-state index in [4.69, 9.17) is 0 Å². The summed E-state index contributed by atoms with van der Waals surface area (Å²) in [5, 5.41) is 13.2. The molecule has 2 rings (SSSR count). The third-order valence-corrected chi connectivity index (χ3v) is 5.95. The minimum atomic E-state index is -3.65. The van der Waals surface area contributed by atoms with Crippen LogP contribution in [0.5, 0.6) is 0 Å². The van der Waals surface area contributed by atoms with E-state index in [1.54, 1.807) is 12.1 Å². The predicted molar refractivity (Wildman–Crippen MR) is 94.3 cm³/mol. The van der Waals surface area contributed by atoms with Gasteiger partial charge in [0, 0.05) is 5.38 Å². The molecule has 0 fully saturated rings. The quantitative estimate of drug-likeness (QED) is 0.705. The molecule has 1 amide bonds. The zero-order valence-corrected chi connectivity index (χ0v) is 15.5. The smallest absolute Gasteiger partial charge is 0.330 e. The summed E-state index contributed by atoms with van der Waals surface area (Å²) in [6, 6.07) is 5.27. The van der Waals surface area contributed by atoms with Crippen molar-refractivity contribution in [3.63, 3.8) is 0 Å². The number of carbonyl (C=O) groups is 2. The van der Waals surface area contributed by atoms with Gasteiger partial charge in [0.25, 0.3) is 5.91 Å². The Bertz CT molecular complexity index is 898. The molecule has 0 saturated carbocycles. The van der Waals surface area contributed by atoms with E-state index in [0.717, 1.165) is 22.5 Å². The predicted octanol–water partition coefficient (Wildman–Crippen LogP) is 1.83. The Hall–Kier alpha value is -2.23. The number of aliphatic carboxylic acids is 1. The SMILES string of the molecule is CNS(=O)(=O)c1csc(C(=O)NC(C(=O)O)c2cc(C)cc(C)c2)c1. The number of carboxylic acid groups (broad SMARTS) is 1. The maximum Gasteiger partial charge on any atom is 0.330 e. The minimum absolute atomic E-state index is 0.0385. The maximum atomic E-state index is 12.4. The summed E-state index contributed by atoms with van der Waals surface area (Å²) in [5.41, 5.74) is 2.22. The summed E-state index contributed by atoms with van der Waals surface area (Å²) >= 11 is 0.931. The van der Waals surface area contributed by atoms with Crippen LogP contribution in [0.3, 0.4) is 0 Å². The fraction of sp³-hybridized carbons (Fsp3) is 0.250. The van der Waals surface area contributed by atoms with Crippen molar-refractivity contribution in [3.8, 4) is 0 Å². The standard InChI is InChI=1S/C16H18N2O5S2/c1-9-4-10(2)6-11(5-9)14(16(20)21)18-15(19)13-7-12(8-24-13)25(22,23)17-3/h4-8,14,17H,1-3H3,(H,18,19)(H,20,21). The number of sulfonamides is 1. The van der Waals surface area contributed by atoms with Crippen LogP contribution >= 0.6 is 11.3 Å². The van der Waals surface area contributed by atoms with Gasteiger partial charge < -0.3 is 10.4 Å². The number of benzene rings is 1. The number of aryl methyl sites for hydroxylation is 2. The Kier molecular flexibility index (Phi) is 5.61. The number of rotatable bonds is 6. The molecule has 0 radical (unpaired) electrons. The fourth-order valence-corrected chi connectivity index (χ4v) is 4.27. The first-order chi connectivity index (χ1) is 11.6. The first-order valence-corrected chi connectivity index (χ1v) is 9.64. The van der Waals surface area contributed by atoms with Gasteiger partial charge in [0.1, 0.15) is 0 Å². The summed E-state index contributed by atoms with van der Waals surface area (Å²) in [6.45, 7) is 3.68. The van der Waals surface area contributed by atoms with E-state index in [1.165, 1.54) is 18.5 Å². The summed E-state index contributed by atoms with van der Waals surface area (Å²) < 4.78 is 25.6. The highest BCUT2D eigenvalue weighted by Gasteiger charge is 2.25. The normalized spacial score (nSPS) is 12.6. The molecule has 7 nitrogen and oxygen atoms in total. The molecule has 0 saturated heterocycles. The van der Waals surface area contributed by atoms with Gasteiger partial charge in [0.15, 0.2) is 6.04 Å². The molecule has 3 N–H and O–H groups in total. The zero-order chi connectivity index (χ0) is 18.8. The van der Waals surface area contributed by atoms with Crippen molar-refractivity contribution >= 4 is 33.2 Å². The lowest BCUT2D eigenvalue weighted by molar-refractivity contribution is -0.139. The molecule has 134 valence electrons. The molecule has 0 bridgehead atoms. The zero-order valence-electron chi connectivity index (χ0n) is 13.9. The maximum absolute atomic E-state index is 12.4. The molecular weight excluding hydrogens is 364 g/mol. The van der Waals surface area contributed by atoms with E-state index < -0.39 is 27.9 Å². The lowest BCUT2D eigenvalue weighted by Crippen LogP contribution is -2.33. The molecule has 1 atom stereocenters. The molecule has 1 heterocycles. The van der Waals surface area contributed by atoms with Crippen molar-refractivity contribution in [2.75, 3.05) is 7.05 Å². The van der Waals surface area contributed by atoms with Crippen LogP contribution in [0.2, 0.25) is 0 Å². The lowest BCUT2D eigenvalue weighted by Gasteiger charge is -2.15.